The van der Waals surface area contributed by atoms with Crippen LogP contribution in [0.3, 0.4) is 0 Å². The molecule has 0 spiro atoms. The van der Waals surface area contributed by atoms with E-state index < -0.39 is 23.3 Å². The molecule has 2 aromatic rings. The minimum absolute atomic E-state index is 0.212. The summed E-state index contributed by atoms with van der Waals surface area (Å²) in [4.78, 5) is 12.1. The number of hydrogen-bond acceptors (Lipinski definition) is 4. The van der Waals surface area contributed by atoms with Crippen molar-refractivity contribution < 1.29 is 18.0 Å². The number of amides is 1. The third-order valence-corrected chi connectivity index (χ3v) is 2.72. The number of rotatable bonds is 3. The predicted octanol–water partition coefficient (Wildman–Crippen LogP) is 1.98. The summed E-state index contributed by atoms with van der Waals surface area (Å²) in [5, 5.41) is 6.29. The van der Waals surface area contributed by atoms with Crippen molar-refractivity contribution in [1.29, 1.82) is 0 Å². The third-order valence-electron chi connectivity index (χ3n) is 2.72. The highest BCUT2D eigenvalue weighted by Crippen LogP contribution is 2.36. The van der Waals surface area contributed by atoms with E-state index in [4.69, 9.17) is 5.84 Å². The van der Waals surface area contributed by atoms with Crippen LogP contribution in [-0.4, -0.2) is 15.7 Å². The molecule has 4 N–H and O–H groups in total. The van der Waals surface area contributed by atoms with Gasteiger partial charge in [0, 0.05) is 13.2 Å². The summed E-state index contributed by atoms with van der Waals surface area (Å²) in [7, 11) is 1.65. The number of hydrazine groups is 1. The van der Waals surface area contributed by atoms with Gasteiger partial charge in [0.25, 0.3) is 5.91 Å². The van der Waals surface area contributed by atoms with Gasteiger partial charge >= 0.3 is 6.18 Å². The van der Waals surface area contributed by atoms with Crippen molar-refractivity contribution in [3.05, 3.63) is 41.7 Å². The second kappa shape index (κ2) is 5.44. The highest BCUT2D eigenvalue weighted by molar-refractivity contribution is 6.08. The molecule has 1 heterocycles. The van der Waals surface area contributed by atoms with Crippen LogP contribution in [0.2, 0.25) is 0 Å². The molecule has 0 aliphatic heterocycles. The van der Waals surface area contributed by atoms with Crippen molar-refractivity contribution in [1.82, 2.24) is 9.78 Å². The first-order valence-corrected chi connectivity index (χ1v) is 5.79. The zero-order valence-corrected chi connectivity index (χ0v) is 10.9. The molecule has 1 amide bonds. The number of alkyl halides is 3. The SMILES string of the molecule is Cn1cc(NC(=O)c2cccc(C(F)(F)F)c2NN)cn1. The number of nitrogens with two attached hydrogens (primary N) is 1. The number of aryl methyl sites for hydroxylation is 1. The first kappa shape index (κ1) is 14.9. The Bertz CT molecular complexity index is 665. The number of hydrogen-bond donors (Lipinski definition) is 3. The zero-order valence-electron chi connectivity index (χ0n) is 10.9. The largest absolute Gasteiger partial charge is 0.418 e. The van der Waals surface area contributed by atoms with Crippen molar-refractivity contribution in [3.8, 4) is 0 Å². The highest BCUT2D eigenvalue weighted by atomic mass is 19.4. The number of nitrogens with one attached hydrogen (secondary N) is 2. The van der Waals surface area contributed by atoms with E-state index in [0.29, 0.717) is 5.69 Å². The standard InChI is InChI=1S/C12H12F3N5O/c1-20-6-7(5-17-20)18-11(21)8-3-2-4-9(10(8)19-16)12(13,14)15/h2-6,19H,16H2,1H3,(H,18,21). The second-order valence-electron chi connectivity index (χ2n) is 4.23. The number of carbonyl (C=O) groups excluding carboxylic acids is 1. The molecule has 9 heteroatoms. The van der Waals surface area contributed by atoms with Gasteiger partial charge < -0.3 is 10.7 Å². The lowest BCUT2D eigenvalue weighted by molar-refractivity contribution is -0.137. The summed E-state index contributed by atoms with van der Waals surface area (Å²) < 4.78 is 40.1. The second-order valence-corrected chi connectivity index (χ2v) is 4.23. The summed E-state index contributed by atoms with van der Waals surface area (Å²) >= 11 is 0. The lowest BCUT2D eigenvalue weighted by Crippen LogP contribution is -2.21. The summed E-state index contributed by atoms with van der Waals surface area (Å²) in [6.45, 7) is 0. The molecule has 1 aromatic heterocycles. The maximum absolute atomic E-state index is 12.9. The molecular weight excluding hydrogens is 287 g/mol. The van der Waals surface area contributed by atoms with Crippen LogP contribution >= 0.6 is 0 Å². The first-order chi connectivity index (χ1) is 9.82. The Labute approximate surface area is 117 Å². The molecular formula is C12H12F3N5O. The summed E-state index contributed by atoms with van der Waals surface area (Å²) in [5.41, 5.74) is 0.602. The average molecular weight is 299 g/mol. The van der Waals surface area contributed by atoms with E-state index in [1.807, 2.05) is 5.43 Å². The van der Waals surface area contributed by atoms with Gasteiger partial charge in [-0.25, -0.2) is 0 Å². The average Bonchev–Trinajstić information content (AvgIpc) is 2.82. The van der Waals surface area contributed by atoms with E-state index in [1.54, 1.807) is 7.05 Å². The van der Waals surface area contributed by atoms with Gasteiger partial charge in [0.2, 0.25) is 0 Å². The monoisotopic (exact) mass is 299 g/mol. The molecule has 0 aliphatic rings. The molecule has 0 aliphatic carbocycles. The fraction of sp³-hybridized carbons (Fsp3) is 0.167. The molecule has 0 fully saturated rings. The van der Waals surface area contributed by atoms with Crippen molar-refractivity contribution in [3.63, 3.8) is 0 Å². The van der Waals surface area contributed by atoms with E-state index in [9.17, 15) is 18.0 Å². The number of nitrogens with zero attached hydrogens (tertiary/aromatic N) is 2. The number of carbonyl (C=O) groups is 1. The van der Waals surface area contributed by atoms with Gasteiger partial charge in [0.1, 0.15) is 0 Å². The molecule has 21 heavy (non-hydrogen) atoms. The molecule has 112 valence electrons. The van der Waals surface area contributed by atoms with Crippen LogP contribution in [-0.2, 0) is 13.2 Å². The third kappa shape index (κ3) is 3.14. The van der Waals surface area contributed by atoms with Crippen LogP contribution in [0.5, 0.6) is 0 Å². The molecule has 0 saturated heterocycles. The Morgan fingerprint density at radius 3 is 2.62 bits per heavy atom. The lowest BCUT2D eigenvalue weighted by Gasteiger charge is -2.15. The smallest absolute Gasteiger partial charge is 0.323 e. The van der Waals surface area contributed by atoms with Crippen LogP contribution in [0.25, 0.3) is 0 Å². The van der Waals surface area contributed by atoms with Crippen molar-refractivity contribution in [2.24, 2.45) is 12.9 Å². The number of benzene rings is 1. The number of para-hydroxylation sites is 1. The van der Waals surface area contributed by atoms with E-state index in [0.717, 1.165) is 12.1 Å². The Balaban J connectivity index is 2.37. The van der Waals surface area contributed by atoms with Gasteiger partial charge in [-0.3, -0.25) is 15.3 Å². The zero-order chi connectivity index (χ0) is 15.6. The molecule has 0 atom stereocenters. The van der Waals surface area contributed by atoms with Crippen molar-refractivity contribution in [2.75, 3.05) is 10.7 Å². The molecule has 0 unspecified atom stereocenters. The van der Waals surface area contributed by atoms with Gasteiger partial charge in [-0.15, -0.1) is 0 Å². The number of halogens is 3. The van der Waals surface area contributed by atoms with E-state index >= 15 is 0 Å². The topological polar surface area (TPSA) is 85.0 Å². The fourth-order valence-electron chi connectivity index (χ4n) is 1.82. The van der Waals surface area contributed by atoms with Gasteiger partial charge in [-0.05, 0) is 12.1 Å². The van der Waals surface area contributed by atoms with Gasteiger partial charge in [-0.1, -0.05) is 6.07 Å². The van der Waals surface area contributed by atoms with E-state index in [1.165, 1.54) is 23.1 Å². The quantitative estimate of drug-likeness (QED) is 0.597. The van der Waals surface area contributed by atoms with Gasteiger partial charge in [0.15, 0.2) is 0 Å². The van der Waals surface area contributed by atoms with Crippen LogP contribution in [0.1, 0.15) is 15.9 Å². The minimum atomic E-state index is -4.62. The minimum Gasteiger partial charge on any atom is -0.323 e. The lowest BCUT2D eigenvalue weighted by atomic mass is 10.1. The number of nitrogen functional groups attached to an aromatic ring is 1. The Hall–Kier alpha value is -2.55. The molecule has 1 aromatic carbocycles. The van der Waals surface area contributed by atoms with Gasteiger partial charge in [-0.2, -0.15) is 18.3 Å². The molecule has 2 rings (SSSR count). The Morgan fingerprint density at radius 1 is 1.38 bits per heavy atom. The number of aromatic nitrogens is 2. The van der Waals surface area contributed by atoms with E-state index in [2.05, 4.69) is 10.4 Å². The maximum atomic E-state index is 12.9. The van der Waals surface area contributed by atoms with Crippen molar-refractivity contribution in [2.45, 2.75) is 6.18 Å². The maximum Gasteiger partial charge on any atom is 0.418 e. The van der Waals surface area contributed by atoms with Crippen LogP contribution in [0, 0.1) is 0 Å². The normalized spacial score (nSPS) is 11.3. The number of anilines is 2. The van der Waals surface area contributed by atoms with Gasteiger partial charge in [0.05, 0.1) is 28.7 Å². The van der Waals surface area contributed by atoms with Crippen molar-refractivity contribution >= 4 is 17.3 Å². The molecule has 0 radical (unpaired) electrons. The first-order valence-electron chi connectivity index (χ1n) is 5.79. The van der Waals surface area contributed by atoms with Crippen LogP contribution in [0.4, 0.5) is 24.5 Å². The molecule has 0 saturated carbocycles. The summed E-state index contributed by atoms with van der Waals surface area (Å²) in [6, 6.07) is 3.23. The Morgan fingerprint density at radius 2 is 2.10 bits per heavy atom. The Kier molecular flexibility index (Phi) is 3.85. The van der Waals surface area contributed by atoms with E-state index in [-0.39, 0.29) is 5.56 Å². The summed E-state index contributed by atoms with van der Waals surface area (Å²) in [5.74, 6) is 4.42. The van der Waals surface area contributed by atoms with Crippen LogP contribution in [0.15, 0.2) is 30.6 Å². The highest BCUT2D eigenvalue weighted by Gasteiger charge is 2.35. The fourth-order valence-corrected chi connectivity index (χ4v) is 1.82. The summed E-state index contributed by atoms with van der Waals surface area (Å²) in [6.07, 6.45) is -1.73. The molecule has 0 bridgehead atoms. The molecule has 6 nitrogen and oxygen atoms in total. The van der Waals surface area contributed by atoms with Crippen LogP contribution < -0.4 is 16.6 Å². The predicted molar refractivity (Wildman–Crippen MR) is 70.4 cm³/mol.